The van der Waals surface area contributed by atoms with E-state index in [2.05, 4.69) is 21.2 Å². The van der Waals surface area contributed by atoms with Gasteiger partial charge < -0.3 is 10.1 Å². The lowest BCUT2D eigenvalue weighted by Crippen LogP contribution is -2.13. The molecule has 0 spiro atoms. The van der Waals surface area contributed by atoms with Crippen LogP contribution in [0.15, 0.2) is 53.0 Å². The Hall–Kier alpha value is -3.53. The van der Waals surface area contributed by atoms with Gasteiger partial charge in [0.05, 0.1) is 22.6 Å². The molecule has 9 nitrogen and oxygen atoms in total. The molecule has 0 saturated carbocycles. The number of benzene rings is 3. The first kappa shape index (κ1) is 19.2. The number of rotatable bonds is 5. The molecule has 0 aliphatic heterocycles. The van der Waals surface area contributed by atoms with E-state index in [0.29, 0.717) is 10.9 Å². The lowest BCUT2D eigenvalue weighted by atomic mass is 10.0. The molecule has 1 amide bonds. The number of anilines is 1. The fraction of sp³-hybridized carbons (Fsp3) is 0.0556. The molecule has 10 heteroatoms. The summed E-state index contributed by atoms with van der Waals surface area (Å²) in [7, 11) is 1.10. The van der Waals surface area contributed by atoms with Crippen molar-refractivity contribution in [1.82, 2.24) is 0 Å². The van der Waals surface area contributed by atoms with Gasteiger partial charge in [-0.3, -0.25) is 25.0 Å². The Balaban J connectivity index is 2.07. The maximum Gasteiger partial charge on any atom is 0.320 e. The van der Waals surface area contributed by atoms with Gasteiger partial charge in [0.25, 0.3) is 11.7 Å². The molecule has 0 aromatic heterocycles. The van der Waals surface area contributed by atoms with Crippen molar-refractivity contribution in [3.8, 4) is 5.75 Å². The Morgan fingerprint density at radius 2 is 1.57 bits per heavy atom. The van der Waals surface area contributed by atoms with Gasteiger partial charge in [0.15, 0.2) is 0 Å². The largest absolute Gasteiger partial charge is 0.485 e. The number of carbonyl (C=O) groups excluding carboxylic acids is 1. The number of nitrogens with zero attached hydrogens (tertiary/aromatic N) is 2. The number of nitrogens with one attached hydrogen (secondary N) is 1. The Morgan fingerprint density at radius 1 is 1.00 bits per heavy atom. The molecule has 3 aromatic rings. The molecule has 0 aliphatic carbocycles. The van der Waals surface area contributed by atoms with Crippen LogP contribution in [0.1, 0.15) is 10.4 Å². The van der Waals surface area contributed by atoms with E-state index in [1.165, 1.54) is 0 Å². The number of halogens is 1. The van der Waals surface area contributed by atoms with Crippen molar-refractivity contribution in [2.45, 2.75) is 0 Å². The van der Waals surface area contributed by atoms with Gasteiger partial charge in [-0.05, 0) is 22.9 Å². The van der Waals surface area contributed by atoms with E-state index < -0.39 is 32.9 Å². The van der Waals surface area contributed by atoms with Gasteiger partial charge in [0.2, 0.25) is 0 Å². The minimum absolute atomic E-state index is 0.0869. The molecule has 0 heterocycles. The number of nitro groups is 2. The average Bonchev–Trinajstić information content (AvgIpc) is 2.67. The first-order valence-electron chi connectivity index (χ1n) is 7.83. The van der Waals surface area contributed by atoms with Gasteiger partial charge in [0, 0.05) is 22.2 Å². The molecule has 28 heavy (non-hydrogen) atoms. The molecule has 0 aliphatic rings. The monoisotopic (exact) mass is 445 g/mol. The predicted octanol–water partition coefficient (Wildman–Crippen LogP) is 4.68. The van der Waals surface area contributed by atoms with E-state index in [9.17, 15) is 25.0 Å². The van der Waals surface area contributed by atoms with E-state index in [1.54, 1.807) is 24.3 Å². The van der Waals surface area contributed by atoms with Crippen molar-refractivity contribution >= 4 is 49.7 Å². The van der Waals surface area contributed by atoms with Crippen LogP contribution >= 0.6 is 15.9 Å². The number of carbonyl (C=O) groups is 1. The second kappa shape index (κ2) is 7.61. The zero-order chi connectivity index (χ0) is 20.4. The van der Waals surface area contributed by atoms with Crippen molar-refractivity contribution in [2.75, 3.05) is 12.4 Å². The van der Waals surface area contributed by atoms with E-state index in [0.717, 1.165) is 29.1 Å². The zero-order valence-corrected chi connectivity index (χ0v) is 15.9. The third kappa shape index (κ3) is 3.49. The van der Waals surface area contributed by atoms with Gasteiger partial charge in [-0.1, -0.05) is 40.2 Å². The van der Waals surface area contributed by atoms with Crippen LogP contribution in [0.2, 0.25) is 0 Å². The van der Waals surface area contributed by atoms with Crippen LogP contribution in [0.25, 0.3) is 10.8 Å². The highest BCUT2D eigenvalue weighted by Crippen LogP contribution is 2.39. The van der Waals surface area contributed by atoms with E-state index in [4.69, 9.17) is 4.74 Å². The molecule has 1 N–H and O–H groups in total. The van der Waals surface area contributed by atoms with Crippen molar-refractivity contribution in [3.05, 3.63) is 78.8 Å². The summed E-state index contributed by atoms with van der Waals surface area (Å²) >= 11 is 3.42. The van der Waals surface area contributed by atoms with Crippen LogP contribution in [0.5, 0.6) is 5.75 Å². The number of hydrogen-bond acceptors (Lipinski definition) is 6. The molecule has 0 bridgehead atoms. The predicted molar refractivity (Wildman–Crippen MR) is 106 cm³/mol. The number of amides is 1. The van der Waals surface area contributed by atoms with Crippen molar-refractivity contribution in [1.29, 1.82) is 0 Å². The Morgan fingerprint density at radius 3 is 2.14 bits per heavy atom. The maximum absolute atomic E-state index is 12.8. The van der Waals surface area contributed by atoms with Crippen LogP contribution in [0.4, 0.5) is 17.1 Å². The summed E-state index contributed by atoms with van der Waals surface area (Å²) in [6, 6.07) is 12.5. The Kier molecular flexibility index (Phi) is 5.23. The maximum atomic E-state index is 12.8. The van der Waals surface area contributed by atoms with Crippen LogP contribution in [-0.2, 0) is 0 Å². The molecule has 0 fully saturated rings. The fourth-order valence-corrected chi connectivity index (χ4v) is 3.32. The first-order chi connectivity index (χ1) is 13.3. The lowest BCUT2D eigenvalue weighted by Gasteiger charge is -2.10. The van der Waals surface area contributed by atoms with Gasteiger partial charge in [-0.15, -0.1) is 0 Å². The second-order valence-electron chi connectivity index (χ2n) is 5.66. The summed E-state index contributed by atoms with van der Waals surface area (Å²) in [5.74, 6) is -1.04. The summed E-state index contributed by atoms with van der Waals surface area (Å²) in [5, 5.41) is 26.5. The minimum Gasteiger partial charge on any atom is -0.485 e. The second-order valence-corrected chi connectivity index (χ2v) is 6.51. The van der Waals surface area contributed by atoms with Crippen LogP contribution in [-0.4, -0.2) is 22.9 Å². The van der Waals surface area contributed by atoms with E-state index >= 15 is 0 Å². The SMILES string of the molecule is COc1c([N+](=O)[O-])cc(NC(=O)c2cccc3c(Br)cccc23)cc1[N+](=O)[O-]. The van der Waals surface area contributed by atoms with Gasteiger partial charge in [-0.2, -0.15) is 0 Å². The summed E-state index contributed by atoms with van der Waals surface area (Å²) in [5.41, 5.74) is -1.00. The quantitative estimate of drug-likeness (QED) is 0.448. The third-order valence-corrected chi connectivity index (χ3v) is 4.71. The number of methoxy groups -OCH3 is 1. The minimum atomic E-state index is -0.809. The first-order valence-corrected chi connectivity index (χ1v) is 8.62. The lowest BCUT2D eigenvalue weighted by molar-refractivity contribution is -0.395. The highest BCUT2D eigenvalue weighted by Gasteiger charge is 2.28. The van der Waals surface area contributed by atoms with Gasteiger partial charge >= 0.3 is 11.4 Å². The highest BCUT2D eigenvalue weighted by atomic mass is 79.9. The Labute approximate surface area is 166 Å². The molecule has 0 saturated heterocycles. The van der Waals surface area contributed by atoms with Crippen LogP contribution < -0.4 is 10.1 Å². The number of nitro benzene ring substituents is 2. The highest BCUT2D eigenvalue weighted by molar-refractivity contribution is 9.10. The average molecular weight is 446 g/mol. The number of hydrogen-bond donors (Lipinski definition) is 1. The molecule has 0 atom stereocenters. The van der Waals surface area contributed by atoms with Crippen molar-refractivity contribution < 1.29 is 19.4 Å². The van der Waals surface area contributed by atoms with Gasteiger partial charge in [0.1, 0.15) is 0 Å². The smallest absolute Gasteiger partial charge is 0.320 e. The third-order valence-electron chi connectivity index (χ3n) is 4.02. The zero-order valence-electron chi connectivity index (χ0n) is 14.3. The van der Waals surface area contributed by atoms with Crippen molar-refractivity contribution in [2.24, 2.45) is 0 Å². The van der Waals surface area contributed by atoms with Crippen LogP contribution in [0.3, 0.4) is 0 Å². The number of ether oxygens (including phenoxy) is 1. The summed E-state index contributed by atoms with van der Waals surface area (Å²) in [4.78, 5) is 33.7. The van der Waals surface area contributed by atoms with Gasteiger partial charge in [-0.25, -0.2) is 0 Å². The van der Waals surface area contributed by atoms with E-state index in [-0.39, 0.29) is 5.69 Å². The number of fused-ring (bicyclic) bond motifs is 1. The normalized spacial score (nSPS) is 10.5. The van der Waals surface area contributed by atoms with E-state index in [1.807, 2.05) is 12.1 Å². The molecule has 3 aromatic carbocycles. The topological polar surface area (TPSA) is 125 Å². The summed E-state index contributed by atoms with van der Waals surface area (Å²) in [6.07, 6.45) is 0. The molecular weight excluding hydrogens is 434 g/mol. The standard InChI is InChI=1S/C18H12BrN3O6/c1-28-17-15(21(24)25)8-10(9-16(17)22(26)27)20-18(23)13-6-2-5-12-11(13)4-3-7-14(12)19/h2-9H,1H3,(H,20,23). The molecule has 0 radical (unpaired) electrons. The van der Waals surface area contributed by atoms with Crippen molar-refractivity contribution in [3.63, 3.8) is 0 Å². The molecule has 3 rings (SSSR count). The summed E-state index contributed by atoms with van der Waals surface area (Å²) < 4.78 is 5.61. The molecule has 0 unspecified atom stereocenters. The fourth-order valence-electron chi connectivity index (χ4n) is 2.82. The molecular formula is C18H12BrN3O6. The Bertz CT molecular complexity index is 1100. The summed E-state index contributed by atoms with van der Waals surface area (Å²) in [6.45, 7) is 0. The molecule has 142 valence electrons. The van der Waals surface area contributed by atoms with Crippen LogP contribution in [0, 0.1) is 20.2 Å².